The SMILES string of the molecule is CNC(=O)c1ccc2c(c1)CN(CC1CN(C(=O)OC(C)(C)C)C1)CC2. The van der Waals surface area contributed by atoms with Gasteiger partial charge in [0.05, 0.1) is 0 Å². The maximum Gasteiger partial charge on any atom is 0.410 e. The van der Waals surface area contributed by atoms with Crippen LogP contribution in [0.5, 0.6) is 0 Å². The Labute approximate surface area is 155 Å². The number of hydrogen-bond donors (Lipinski definition) is 1. The number of likely N-dealkylation sites (tertiary alicyclic amines) is 1. The highest BCUT2D eigenvalue weighted by Crippen LogP contribution is 2.25. The number of fused-ring (bicyclic) bond motifs is 1. The van der Waals surface area contributed by atoms with E-state index in [1.807, 2.05) is 32.9 Å². The van der Waals surface area contributed by atoms with Gasteiger partial charge in [0.1, 0.15) is 5.60 Å². The number of rotatable bonds is 3. The van der Waals surface area contributed by atoms with Crippen molar-refractivity contribution in [1.82, 2.24) is 15.1 Å². The van der Waals surface area contributed by atoms with Gasteiger partial charge in [-0.15, -0.1) is 0 Å². The van der Waals surface area contributed by atoms with Crippen molar-refractivity contribution in [2.24, 2.45) is 5.92 Å². The summed E-state index contributed by atoms with van der Waals surface area (Å²) in [5.74, 6) is 0.447. The second-order valence-corrected chi connectivity index (χ2v) is 8.30. The van der Waals surface area contributed by atoms with Gasteiger partial charge >= 0.3 is 6.09 Å². The van der Waals surface area contributed by atoms with Crippen molar-refractivity contribution < 1.29 is 14.3 Å². The predicted molar refractivity (Wildman–Crippen MR) is 100 cm³/mol. The first-order chi connectivity index (χ1) is 12.2. The fraction of sp³-hybridized carbons (Fsp3) is 0.600. The number of hydrogen-bond acceptors (Lipinski definition) is 4. The Morgan fingerprint density at radius 3 is 2.62 bits per heavy atom. The third kappa shape index (κ3) is 4.36. The molecule has 2 heterocycles. The average molecular weight is 359 g/mol. The lowest BCUT2D eigenvalue weighted by atomic mass is 9.94. The summed E-state index contributed by atoms with van der Waals surface area (Å²) in [5.41, 5.74) is 2.84. The lowest BCUT2D eigenvalue weighted by Gasteiger charge is -2.42. The number of amides is 2. The fourth-order valence-corrected chi connectivity index (χ4v) is 3.58. The van der Waals surface area contributed by atoms with Gasteiger partial charge in [0.25, 0.3) is 5.91 Å². The zero-order chi connectivity index (χ0) is 18.9. The monoisotopic (exact) mass is 359 g/mol. The first-order valence-corrected chi connectivity index (χ1v) is 9.29. The topological polar surface area (TPSA) is 61.9 Å². The Hall–Kier alpha value is -2.08. The smallest absolute Gasteiger partial charge is 0.410 e. The van der Waals surface area contributed by atoms with Crippen LogP contribution < -0.4 is 5.32 Å². The third-order valence-corrected chi connectivity index (χ3v) is 4.91. The van der Waals surface area contributed by atoms with Crippen molar-refractivity contribution in [2.75, 3.05) is 33.2 Å². The van der Waals surface area contributed by atoms with Crippen LogP contribution in [0.25, 0.3) is 0 Å². The van der Waals surface area contributed by atoms with Gasteiger partial charge < -0.3 is 15.0 Å². The minimum Gasteiger partial charge on any atom is -0.444 e. The molecule has 2 aliphatic rings. The van der Waals surface area contributed by atoms with Gasteiger partial charge in [-0.25, -0.2) is 4.79 Å². The fourth-order valence-electron chi connectivity index (χ4n) is 3.58. The maximum absolute atomic E-state index is 12.0. The lowest BCUT2D eigenvalue weighted by Crippen LogP contribution is -2.55. The van der Waals surface area contributed by atoms with Gasteiger partial charge in [0, 0.05) is 51.3 Å². The third-order valence-electron chi connectivity index (χ3n) is 4.91. The molecule has 0 radical (unpaired) electrons. The molecule has 0 bridgehead atoms. The molecular formula is C20H29N3O3. The van der Waals surface area contributed by atoms with Crippen LogP contribution in [-0.2, 0) is 17.7 Å². The van der Waals surface area contributed by atoms with Crippen LogP contribution in [0.1, 0.15) is 42.3 Å². The Kier molecular flexibility index (Phi) is 5.23. The highest BCUT2D eigenvalue weighted by molar-refractivity contribution is 5.94. The largest absolute Gasteiger partial charge is 0.444 e. The summed E-state index contributed by atoms with van der Waals surface area (Å²) in [5, 5.41) is 2.68. The normalized spacial score (nSPS) is 18.1. The van der Waals surface area contributed by atoms with E-state index >= 15 is 0 Å². The highest BCUT2D eigenvalue weighted by atomic mass is 16.6. The van der Waals surface area contributed by atoms with Crippen LogP contribution in [0, 0.1) is 5.92 Å². The average Bonchev–Trinajstić information content (AvgIpc) is 2.54. The second kappa shape index (κ2) is 7.27. The number of ether oxygens (including phenoxy) is 1. The molecule has 1 saturated heterocycles. The predicted octanol–water partition coefficient (Wildman–Crippen LogP) is 2.27. The Balaban J connectivity index is 1.51. The van der Waals surface area contributed by atoms with Crippen molar-refractivity contribution in [1.29, 1.82) is 0 Å². The molecule has 2 amide bonds. The summed E-state index contributed by atoms with van der Waals surface area (Å²) in [7, 11) is 1.65. The molecule has 1 N–H and O–H groups in total. The molecule has 0 saturated carbocycles. The minimum atomic E-state index is -0.443. The maximum atomic E-state index is 12.0. The summed E-state index contributed by atoms with van der Waals surface area (Å²) in [6.07, 6.45) is 0.791. The molecule has 0 atom stereocenters. The molecule has 0 unspecified atom stereocenters. The molecule has 142 valence electrons. The van der Waals surface area contributed by atoms with E-state index in [0.29, 0.717) is 11.5 Å². The molecule has 0 spiro atoms. The summed E-state index contributed by atoms with van der Waals surface area (Å²) in [6, 6.07) is 5.98. The summed E-state index contributed by atoms with van der Waals surface area (Å²) in [4.78, 5) is 28.1. The summed E-state index contributed by atoms with van der Waals surface area (Å²) >= 11 is 0. The van der Waals surface area contributed by atoms with E-state index in [1.165, 1.54) is 11.1 Å². The Morgan fingerprint density at radius 1 is 1.23 bits per heavy atom. The molecule has 0 aromatic heterocycles. The van der Waals surface area contributed by atoms with Crippen LogP contribution in [0.3, 0.4) is 0 Å². The van der Waals surface area contributed by atoms with Gasteiger partial charge in [-0.05, 0) is 50.5 Å². The van der Waals surface area contributed by atoms with E-state index in [4.69, 9.17) is 4.74 Å². The van der Waals surface area contributed by atoms with E-state index in [2.05, 4.69) is 16.3 Å². The molecule has 6 nitrogen and oxygen atoms in total. The van der Waals surface area contributed by atoms with Gasteiger partial charge in [-0.1, -0.05) is 6.07 Å². The van der Waals surface area contributed by atoms with Crippen LogP contribution >= 0.6 is 0 Å². The Bertz CT molecular complexity index is 690. The quantitative estimate of drug-likeness (QED) is 0.899. The van der Waals surface area contributed by atoms with Crippen molar-refractivity contribution in [3.63, 3.8) is 0 Å². The van der Waals surface area contributed by atoms with Gasteiger partial charge in [0.2, 0.25) is 0 Å². The van der Waals surface area contributed by atoms with E-state index < -0.39 is 5.60 Å². The van der Waals surface area contributed by atoms with Gasteiger partial charge in [-0.2, -0.15) is 0 Å². The standard InChI is InChI=1S/C20H29N3O3/c1-20(2,3)26-19(25)23-11-14(12-23)10-22-8-7-15-5-6-16(18(24)21-4)9-17(15)13-22/h5-6,9,14H,7-8,10-13H2,1-4H3,(H,21,24). The molecule has 6 heteroatoms. The summed E-state index contributed by atoms with van der Waals surface area (Å²) in [6.45, 7) is 10.1. The van der Waals surface area contributed by atoms with Crippen LogP contribution in [0.2, 0.25) is 0 Å². The number of nitrogens with one attached hydrogen (secondary N) is 1. The van der Waals surface area contributed by atoms with Crippen molar-refractivity contribution >= 4 is 12.0 Å². The first kappa shape index (κ1) is 18.7. The molecule has 1 aromatic carbocycles. The number of benzene rings is 1. The van der Waals surface area contributed by atoms with Gasteiger partial charge in [0.15, 0.2) is 0 Å². The molecule has 26 heavy (non-hydrogen) atoms. The van der Waals surface area contributed by atoms with E-state index in [0.717, 1.165) is 39.1 Å². The van der Waals surface area contributed by atoms with Crippen molar-refractivity contribution in [3.8, 4) is 0 Å². The molecule has 1 aromatic rings. The Morgan fingerprint density at radius 2 is 1.96 bits per heavy atom. The first-order valence-electron chi connectivity index (χ1n) is 9.29. The van der Waals surface area contributed by atoms with Crippen LogP contribution in [-0.4, -0.2) is 60.6 Å². The summed E-state index contributed by atoms with van der Waals surface area (Å²) < 4.78 is 5.41. The second-order valence-electron chi connectivity index (χ2n) is 8.30. The van der Waals surface area contributed by atoms with E-state index in [1.54, 1.807) is 11.9 Å². The van der Waals surface area contributed by atoms with E-state index in [9.17, 15) is 9.59 Å². The van der Waals surface area contributed by atoms with Gasteiger partial charge in [-0.3, -0.25) is 9.69 Å². The lowest BCUT2D eigenvalue weighted by molar-refractivity contribution is -0.00706. The van der Waals surface area contributed by atoms with E-state index in [-0.39, 0.29) is 12.0 Å². The van der Waals surface area contributed by atoms with Crippen LogP contribution in [0.4, 0.5) is 4.79 Å². The van der Waals surface area contributed by atoms with Crippen LogP contribution in [0.15, 0.2) is 18.2 Å². The zero-order valence-electron chi connectivity index (χ0n) is 16.2. The minimum absolute atomic E-state index is 0.0445. The molecule has 1 fully saturated rings. The van der Waals surface area contributed by atoms with Crippen molar-refractivity contribution in [3.05, 3.63) is 34.9 Å². The number of carbonyl (C=O) groups is 2. The number of carbonyl (C=O) groups excluding carboxylic acids is 2. The zero-order valence-corrected chi connectivity index (χ0v) is 16.2. The molecule has 0 aliphatic carbocycles. The highest BCUT2D eigenvalue weighted by Gasteiger charge is 2.35. The molecular weight excluding hydrogens is 330 g/mol. The molecule has 3 rings (SSSR count). The molecule has 2 aliphatic heterocycles. The van der Waals surface area contributed by atoms with Crippen molar-refractivity contribution in [2.45, 2.75) is 39.3 Å². The number of nitrogens with zero attached hydrogens (tertiary/aromatic N) is 2.